The van der Waals surface area contributed by atoms with E-state index in [0.717, 1.165) is 0 Å². The van der Waals surface area contributed by atoms with Crippen LogP contribution in [0.1, 0.15) is 30.6 Å². The molecule has 21 heavy (non-hydrogen) atoms. The molecule has 0 fully saturated rings. The highest BCUT2D eigenvalue weighted by Gasteiger charge is 2.27. The highest BCUT2D eigenvalue weighted by Crippen LogP contribution is 2.20. The van der Waals surface area contributed by atoms with Gasteiger partial charge in [0.15, 0.2) is 0 Å². The first-order valence-corrected chi connectivity index (χ1v) is 6.83. The van der Waals surface area contributed by atoms with Gasteiger partial charge < -0.3 is 4.74 Å². The monoisotopic (exact) mass is 288 g/mol. The minimum atomic E-state index is -0.710. The van der Waals surface area contributed by atoms with Gasteiger partial charge in [-0.1, -0.05) is 24.3 Å². The highest BCUT2D eigenvalue weighted by molar-refractivity contribution is 6.00. The topological polar surface area (TPSA) is 60.4 Å². The minimum absolute atomic E-state index is 0.140. The van der Waals surface area contributed by atoms with Crippen LogP contribution in [0, 0.1) is 11.8 Å². The largest absolute Gasteiger partial charge is 0.462 e. The van der Waals surface area contributed by atoms with Crippen LogP contribution in [-0.4, -0.2) is 24.1 Å². The molecule has 0 radical (unpaired) electrons. The number of carbonyl (C=O) groups excluding carboxylic acids is 3. The van der Waals surface area contributed by atoms with Gasteiger partial charge in [-0.3, -0.25) is 9.59 Å². The number of ether oxygens (including phenoxy) is 1. The van der Waals surface area contributed by atoms with Crippen molar-refractivity contribution in [3.8, 4) is 0 Å². The van der Waals surface area contributed by atoms with E-state index in [1.54, 1.807) is 30.3 Å². The van der Waals surface area contributed by atoms with E-state index in [0.29, 0.717) is 12.0 Å². The zero-order valence-corrected chi connectivity index (χ0v) is 12.4. The van der Waals surface area contributed by atoms with E-state index in [1.165, 1.54) is 13.8 Å². The Balaban J connectivity index is 2.56. The van der Waals surface area contributed by atoms with Gasteiger partial charge in [-0.2, -0.15) is 0 Å². The van der Waals surface area contributed by atoms with Crippen LogP contribution in [-0.2, 0) is 14.3 Å². The summed E-state index contributed by atoms with van der Waals surface area (Å²) in [6, 6.07) is 8.66. The van der Waals surface area contributed by atoms with Gasteiger partial charge in [-0.15, -0.1) is 6.58 Å². The number of carbonyl (C=O) groups is 3. The second kappa shape index (κ2) is 8.15. The van der Waals surface area contributed by atoms with Crippen molar-refractivity contribution >= 4 is 17.5 Å². The molecule has 1 rings (SSSR count). The zero-order valence-electron chi connectivity index (χ0n) is 12.4. The number of rotatable bonds is 8. The maximum atomic E-state index is 11.8. The Hall–Kier alpha value is -2.23. The van der Waals surface area contributed by atoms with Crippen molar-refractivity contribution in [1.82, 2.24) is 0 Å². The van der Waals surface area contributed by atoms with E-state index in [2.05, 4.69) is 6.58 Å². The van der Waals surface area contributed by atoms with Crippen LogP contribution in [0.4, 0.5) is 0 Å². The lowest BCUT2D eigenvalue weighted by Crippen LogP contribution is -2.28. The molecule has 1 atom stereocenters. The normalized spacial score (nSPS) is 11.8. The van der Waals surface area contributed by atoms with E-state index in [1.807, 2.05) is 6.07 Å². The van der Waals surface area contributed by atoms with Crippen LogP contribution in [0.2, 0.25) is 0 Å². The van der Waals surface area contributed by atoms with Crippen molar-refractivity contribution in [3.63, 3.8) is 0 Å². The van der Waals surface area contributed by atoms with Crippen molar-refractivity contribution in [2.45, 2.75) is 20.3 Å². The summed E-state index contributed by atoms with van der Waals surface area (Å²) in [5, 5.41) is 0. The average Bonchev–Trinajstić information content (AvgIpc) is 2.46. The first-order valence-electron chi connectivity index (χ1n) is 6.83. The molecule has 0 aliphatic rings. The quantitative estimate of drug-likeness (QED) is 0.419. The molecule has 4 heteroatoms. The summed E-state index contributed by atoms with van der Waals surface area (Å²) >= 11 is 0. The summed E-state index contributed by atoms with van der Waals surface area (Å²) in [5.41, 5.74) is 0.474. The number of allylic oxidation sites excluding steroid dienone is 1. The molecular weight excluding hydrogens is 268 g/mol. The predicted molar refractivity (Wildman–Crippen MR) is 79.9 cm³/mol. The number of Topliss-reactive ketones (excluding diaryl/α,β-unsaturated/α-hetero) is 2. The van der Waals surface area contributed by atoms with Crippen LogP contribution in [0.5, 0.6) is 0 Å². The lowest BCUT2D eigenvalue weighted by molar-refractivity contribution is -0.132. The van der Waals surface area contributed by atoms with Crippen molar-refractivity contribution in [2.24, 2.45) is 11.8 Å². The van der Waals surface area contributed by atoms with Crippen LogP contribution in [0.25, 0.3) is 0 Å². The number of hydrogen-bond acceptors (Lipinski definition) is 4. The Morgan fingerprint density at radius 3 is 2.19 bits per heavy atom. The third-order valence-electron chi connectivity index (χ3n) is 3.30. The summed E-state index contributed by atoms with van der Waals surface area (Å²) in [6.07, 6.45) is 1.97. The van der Waals surface area contributed by atoms with Crippen LogP contribution in [0.15, 0.2) is 43.0 Å². The van der Waals surface area contributed by atoms with Crippen LogP contribution < -0.4 is 0 Å². The fraction of sp³-hybridized carbons (Fsp3) is 0.353. The predicted octanol–water partition coefficient (Wildman–Crippen LogP) is 2.83. The number of esters is 1. The van der Waals surface area contributed by atoms with Crippen molar-refractivity contribution in [2.75, 3.05) is 6.61 Å². The molecule has 0 spiro atoms. The minimum Gasteiger partial charge on any atom is -0.462 e. The van der Waals surface area contributed by atoms with Gasteiger partial charge in [0.1, 0.15) is 11.6 Å². The molecule has 1 aromatic carbocycles. The van der Waals surface area contributed by atoms with E-state index >= 15 is 0 Å². The van der Waals surface area contributed by atoms with E-state index in [9.17, 15) is 14.4 Å². The molecule has 0 saturated carbocycles. The molecule has 0 aliphatic heterocycles. The standard InChI is InChI=1S/C17H20O4/c1-4-14(16(12(2)18)13(3)19)10-11-21-17(20)15-8-6-5-7-9-15/h4-9,14,16H,1,10-11H2,2-3H3. The molecule has 1 aromatic rings. The Kier molecular flexibility index (Phi) is 6.53. The van der Waals surface area contributed by atoms with Gasteiger partial charge in [-0.25, -0.2) is 4.79 Å². The van der Waals surface area contributed by atoms with Gasteiger partial charge in [0.2, 0.25) is 0 Å². The molecule has 1 unspecified atom stereocenters. The summed E-state index contributed by atoms with van der Waals surface area (Å²) < 4.78 is 5.16. The van der Waals surface area contributed by atoms with Crippen molar-refractivity contribution < 1.29 is 19.1 Å². The SMILES string of the molecule is C=CC(CCOC(=O)c1ccccc1)C(C(C)=O)C(C)=O. The molecule has 0 heterocycles. The lowest BCUT2D eigenvalue weighted by Gasteiger charge is -2.19. The Labute approximate surface area is 124 Å². The number of benzene rings is 1. The van der Waals surface area contributed by atoms with Crippen molar-refractivity contribution in [1.29, 1.82) is 0 Å². The highest BCUT2D eigenvalue weighted by atomic mass is 16.5. The molecule has 0 aromatic heterocycles. The first kappa shape index (κ1) is 16.8. The van der Waals surface area contributed by atoms with Gasteiger partial charge >= 0.3 is 5.97 Å². The molecule has 0 N–H and O–H groups in total. The molecule has 0 aliphatic carbocycles. The van der Waals surface area contributed by atoms with Gasteiger partial charge in [-0.05, 0) is 38.3 Å². The number of ketones is 2. The molecule has 4 nitrogen and oxygen atoms in total. The first-order chi connectivity index (χ1) is 9.97. The zero-order chi connectivity index (χ0) is 15.8. The molecule has 112 valence electrons. The Bertz CT molecular complexity index is 505. The van der Waals surface area contributed by atoms with Crippen LogP contribution >= 0.6 is 0 Å². The Morgan fingerprint density at radius 2 is 1.71 bits per heavy atom. The fourth-order valence-electron chi connectivity index (χ4n) is 2.26. The second-order valence-corrected chi connectivity index (χ2v) is 4.89. The Morgan fingerprint density at radius 1 is 1.14 bits per heavy atom. The van der Waals surface area contributed by atoms with Gasteiger partial charge in [0.05, 0.1) is 18.1 Å². The lowest BCUT2D eigenvalue weighted by atomic mass is 9.84. The second-order valence-electron chi connectivity index (χ2n) is 4.89. The molecule has 0 amide bonds. The summed E-state index contributed by atoms with van der Waals surface area (Å²) in [4.78, 5) is 34.8. The summed E-state index contributed by atoms with van der Waals surface area (Å²) in [5.74, 6) is -1.83. The van der Waals surface area contributed by atoms with E-state index in [-0.39, 0.29) is 24.1 Å². The summed E-state index contributed by atoms with van der Waals surface area (Å²) in [6.45, 7) is 6.57. The third kappa shape index (κ3) is 4.99. The maximum Gasteiger partial charge on any atom is 0.338 e. The van der Waals surface area contributed by atoms with E-state index < -0.39 is 11.9 Å². The van der Waals surface area contributed by atoms with Gasteiger partial charge in [0, 0.05) is 0 Å². The van der Waals surface area contributed by atoms with Gasteiger partial charge in [0.25, 0.3) is 0 Å². The summed E-state index contributed by atoms with van der Waals surface area (Å²) in [7, 11) is 0. The molecular formula is C17H20O4. The molecule has 0 bridgehead atoms. The smallest absolute Gasteiger partial charge is 0.338 e. The van der Waals surface area contributed by atoms with Crippen molar-refractivity contribution in [3.05, 3.63) is 48.6 Å². The number of hydrogen-bond donors (Lipinski definition) is 0. The molecule has 0 saturated heterocycles. The van der Waals surface area contributed by atoms with Crippen LogP contribution in [0.3, 0.4) is 0 Å². The maximum absolute atomic E-state index is 11.8. The third-order valence-corrected chi connectivity index (χ3v) is 3.30. The van der Waals surface area contributed by atoms with E-state index in [4.69, 9.17) is 4.74 Å². The fourth-order valence-corrected chi connectivity index (χ4v) is 2.26. The average molecular weight is 288 g/mol.